The largest absolute Gasteiger partial charge is 0.330 e. The molecule has 0 radical (unpaired) electrons. The molecule has 0 spiro atoms. The second-order valence-corrected chi connectivity index (χ2v) is 5.56. The van der Waals surface area contributed by atoms with E-state index in [0.29, 0.717) is 5.41 Å². The molecule has 1 saturated heterocycles. The summed E-state index contributed by atoms with van der Waals surface area (Å²) in [5.74, 6) is 1.71. The Kier molecular flexibility index (Phi) is 4.60. The number of rotatable bonds is 5. The van der Waals surface area contributed by atoms with Crippen molar-refractivity contribution in [2.45, 2.75) is 40.5 Å². The second kappa shape index (κ2) is 5.31. The standard InChI is InChI=1S/C13H28N2/c1-5-13(6-2,9-14)10-15-7-11(3)12(4)8-15/h11-12H,5-10,14H2,1-4H3. The molecule has 2 atom stereocenters. The molecule has 0 aliphatic carbocycles. The van der Waals surface area contributed by atoms with Crippen molar-refractivity contribution in [2.75, 3.05) is 26.2 Å². The Morgan fingerprint density at radius 2 is 1.60 bits per heavy atom. The van der Waals surface area contributed by atoms with Gasteiger partial charge in [0.25, 0.3) is 0 Å². The zero-order chi connectivity index (χ0) is 11.5. The maximum Gasteiger partial charge on any atom is 0.00501 e. The average Bonchev–Trinajstić information content (AvgIpc) is 2.55. The molecule has 0 aromatic heterocycles. The molecule has 0 saturated carbocycles. The number of nitrogens with zero attached hydrogens (tertiary/aromatic N) is 1. The van der Waals surface area contributed by atoms with Crippen LogP contribution in [0.1, 0.15) is 40.5 Å². The summed E-state index contributed by atoms with van der Waals surface area (Å²) in [7, 11) is 0. The van der Waals surface area contributed by atoms with Crippen molar-refractivity contribution in [1.29, 1.82) is 0 Å². The zero-order valence-corrected chi connectivity index (χ0v) is 10.9. The quantitative estimate of drug-likeness (QED) is 0.758. The molecule has 1 rings (SSSR count). The highest BCUT2D eigenvalue weighted by atomic mass is 15.2. The Bertz CT molecular complexity index is 169. The summed E-state index contributed by atoms with van der Waals surface area (Å²) >= 11 is 0. The van der Waals surface area contributed by atoms with Crippen LogP contribution in [0, 0.1) is 17.3 Å². The van der Waals surface area contributed by atoms with Gasteiger partial charge in [-0.1, -0.05) is 27.7 Å². The molecule has 90 valence electrons. The Balaban J connectivity index is 2.53. The average molecular weight is 212 g/mol. The van der Waals surface area contributed by atoms with E-state index in [4.69, 9.17) is 5.73 Å². The van der Waals surface area contributed by atoms with E-state index in [1.165, 1.54) is 32.5 Å². The minimum Gasteiger partial charge on any atom is -0.330 e. The van der Waals surface area contributed by atoms with E-state index in [1.54, 1.807) is 0 Å². The van der Waals surface area contributed by atoms with Gasteiger partial charge in [-0.05, 0) is 36.6 Å². The van der Waals surface area contributed by atoms with Gasteiger partial charge in [0.05, 0.1) is 0 Å². The molecule has 2 unspecified atom stereocenters. The Morgan fingerprint density at radius 3 is 1.93 bits per heavy atom. The van der Waals surface area contributed by atoms with Crippen LogP contribution >= 0.6 is 0 Å². The van der Waals surface area contributed by atoms with Crippen LogP contribution in [0.2, 0.25) is 0 Å². The van der Waals surface area contributed by atoms with Crippen LogP contribution in [-0.4, -0.2) is 31.1 Å². The summed E-state index contributed by atoms with van der Waals surface area (Å²) in [6, 6.07) is 0. The molecule has 0 amide bonds. The van der Waals surface area contributed by atoms with Gasteiger partial charge in [-0.15, -0.1) is 0 Å². The maximum atomic E-state index is 5.95. The van der Waals surface area contributed by atoms with Crippen molar-refractivity contribution in [3.05, 3.63) is 0 Å². The molecule has 1 fully saturated rings. The molecule has 0 aromatic rings. The van der Waals surface area contributed by atoms with Crippen LogP contribution in [0.15, 0.2) is 0 Å². The molecule has 2 nitrogen and oxygen atoms in total. The zero-order valence-electron chi connectivity index (χ0n) is 10.9. The van der Waals surface area contributed by atoms with Crippen LogP contribution in [0.3, 0.4) is 0 Å². The van der Waals surface area contributed by atoms with E-state index in [0.717, 1.165) is 18.4 Å². The first-order valence-corrected chi connectivity index (χ1v) is 6.49. The maximum absolute atomic E-state index is 5.95. The van der Waals surface area contributed by atoms with Gasteiger partial charge in [-0.25, -0.2) is 0 Å². The van der Waals surface area contributed by atoms with E-state index in [9.17, 15) is 0 Å². The first-order chi connectivity index (χ1) is 7.06. The molecule has 0 bridgehead atoms. The smallest absolute Gasteiger partial charge is 0.00501 e. The van der Waals surface area contributed by atoms with Crippen molar-refractivity contribution < 1.29 is 0 Å². The lowest BCUT2D eigenvalue weighted by atomic mass is 9.82. The molecule has 15 heavy (non-hydrogen) atoms. The van der Waals surface area contributed by atoms with E-state index in [2.05, 4.69) is 32.6 Å². The van der Waals surface area contributed by atoms with Gasteiger partial charge in [-0.2, -0.15) is 0 Å². The predicted molar refractivity (Wildman–Crippen MR) is 66.8 cm³/mol. The number of hydrogen-bond donors (Lipinski definition) is 1. The predicted octanol–water partition coefficient (Wildman–Crippen LogP) is 2.34. The van der Waals surface area contributed by atoms with E-state index < -0.39 is 0 Å². The number of hydrogen-bond acceptors (Lipinski definition) is 2. The Morgan fingerprint density at radius 1 is 1.13 bits per heavy atom. The third-order valence-corrected chi connectivity index (χ3v) is 4.56. The molecule has 2 heteroatoms. The monoisotopic (exact) mass is 212 g/mol. The Labute approximate surface area is 95.2 Å². The highest BCUT2D eigenvalue weighted by molar-refractivity contribution is 4.86. The van der Waals surface area contributed by atoms with Gasteiger partial charge in [-0.3, -0.25) is 0 Å². The van der Waals surface area contributed by atoms with Crippen LogP contribution in [0.5, 0.6) is 0 Å². The van der Waals surface area contributed by atoms with Gasteiger partial charge in [0, 0.05) is 19.6 Å². The lowest BCUT2D eigenvalue weighted by molar-refractivity contribution is 0.161. The van der Waals surface area contributed by atoms with Crippen molar-refractivity contribution in [1.82, 2.24) is 4.90 Å². The molecule has 0 aromatic carbocycles. The van der Waals surface area contributed by atoms with Gasteiger partial charge < -0.3 is 10.6 Å². The number of likely N-dealkylation sites (tertiary alicyclic amines) is 1. The van der Waals surface area contributed by atoms with Gasteiger partial charge >= 0.3 is 0 Å². The molecule has 2 N–H and O–H groups in total. The van der Waals surface area contributed by atoms with E-state index >= 15 is 0 Å². The lowest BCUT2D eigenvalue weighted by Gasteiger charge is -2.34. The van der Waals surface area contributed by atoms with Crippen molar-refractivity contribution in [2.24, 2.45) is 23.0 Å². The third kappa shape index (κ3) is 2.94. The van der Waals surface area contributed by atoms with Crippen molar-refractivity contribution >= 4 is 0 Å². The highest BCUT2D eigenvalue weighted by Crippen LogP contribution is 2.30. The van der Waals surface area contributed by atoms with Crippen molar-refractivity contribution in [3.63, 3.8) is 0 Å². The minimum absolute atomic E-state index is 0.365. The highest BCUT2D eigenvalue weighted by Gasteiger charge is 2.32. The van der Waals surface area contributed by atoms with Crippen LogP contribution in [0.4, 0.5) is 0 Å². The fraction of sp³-hybridized carbons (Fsp3) is 1.00. The van der Waals surface area contributed by atoms with E-state index in [-0.39, 0.29) is 0 Å². The van der Waals surface area contributed by atoms with Gasteiger partial charge in [0.2, 0.25) is 0 Å². The molecular weight excluding hydrogens is 184 g/mol. The SMILES string of the molecule is CCC(CC)(CN)CN1CC(C)C(C)C1. The number of nitrogens with two attached hydrogens (primary N) is 1. The lowest BCUT2D eigenvalue weighted by Crippen LogP contribution is -2.41. The van der Waals surface area contributed by atoms with Gasteiger partial charge in [0.15, 0.2) is 0 Å². The van der Waals surface area contributed by atoms with Crippen LogP contribution < -0.4 is 5.73 Å². The normalized spacial score (nSPS) is 28.6. The van der Waals surface area contributed by atoms with Gasteiger partial charge in [0.1, 0.15) is 0 Å². The molecule has 1 aliphatic heterocycles. The topological polar surface area (TPSA) is 29.3 Å². The van der Waals surface area contributed by atoms with Crippen LogP contribution in [0.25, 0.3) is 0 Å². The summed E-state index contributed by atoms with van der Waals surface area (Å²) in [6.45, 7) is 13.9. The summed E-state index contributed by atoms with van der Waals surface area (Å²) in [5.41, 5.74) is 6.31. The molecular formula is C13H28N2. The summed E-state index contributed by atoms with van der Waals surface area (Å²) in [6.07, 6.45) is 2.42. The third-order valence-electron chi connectivity index (χ3n) is 4.56. The second-order valence-electron chi connectivity index (χ2n) is 5.56. The van der Waals surface area contributed by atoms with Crippen LogP contribution in [-0.2, 0) is 0 Å². The fourth-order valence-electron chi connectivity index (χ4n) is 2.68. The Hall–Kier alpha value is -0.0800. The molecule has 1 aliphatic rings. The first kappa shape index (κ1) is 13.0. The van der Waals surface area contributed by atoms with E-state index in [1.807, 2.05) is 0 Å². The minimum atomic E-state index is 0.365. The first-order valence-electron chi connectivity index (χ1n) is 6.49. The summed E-state index contributed by atoms with van der Waals surface area (Å²) < 4.78 is 0. The fourth-order valence-corrected chi connectivity index (χ4v) is 2.68. The van der Waals surface area contributed by atoms with Crippen molar-refractivity contribution in [3.8, 4) is 0 Å². The summed E-state index contributed by atoms with van der Waals surface area (Å²) in [4.78, 5) is 2.62. The summed E-state index contributed by atoms with van der Waals surface area (Å²) in [5, 5.41) is 0. The molecule has 1 heterocycles.